The molecule has 6 heteroatoms. The van der Waals surface area contributed by atoms with Gasteiger partial charge in [-0.15, -0.1) is 0 Å². The smallest absolute Gasteiger partial charge is 0.248 e. The number of hydrogen-bond donors (Lipinski definition) is 1. The third-order valence-corrected chi connectivity index (χ3v) is 2.34. The van der Waals surface area contributed by atoms with Crippen LogP contribution in [-0.4, -0.2) is 23.2 Å². The van der Waals surface area contributed by atoms with Gasteiger partial charge in [-0.2, -0.15) is 0 Å². The lowest BCUT2D eigenvalue weighted by atomic mass is 9.83. The summed E-state index contributed by atoms with van der Waals surface area (Å²) in [5.41, 5.74) is 6.80. The Labute approximate surface area is 74.2 Å². The molecule has 13 heavy (non-hydrogen) atoms. The van der Waals surface area contributed by atoms with Gasteiger partial charge in [0.15, 0.2) is 0 Å². The predicted octanol–water partition coefficient (Wildman–Crippen LogP) is 2.24. The maximum Gasteiger partial charge on any atom is 0.248 e. The zero-order valence-electron chi connectivity index (χ0n) is 7.08. The second-order valence-corrected chi connectivity index (χ2v) is 3.47. The molecule has 1 aliphatic rings. The summed E-state index contributed by atoms with van der Waals surface area (Å²) in [6.07, 6.45) is -0.660. The van der Waals surface area contributed by atoms with Gasteiger partial charge in [0.25, 0.3) is 0 Å². The van der Waals surface area contributed by atoms with E-state index in [0.29, 0.717) is 0 Å². The Balaban J connectivity index is 2.51. The number of azide groups is 1. The Bertz CT molecular complexity index is 228. The lowest BCUT2D eigenvalue weighted by Crippen LogP contribution is -2.40. The van der Waals surface area contributed by atoms with Crippen LogP contribution in [0.2, 0.25) is 0 Å². The van der Waals surface area contributed by atoms with Crippen LogP contribution in [-0.2, 0) is 0 Å². The molecular formula is C7H11F2N3O. The summed E-state index contributed by atoms with van der Waals surface area (Å²) < 4.78 is 25.3. The molecule has 1 fully saturated rings. The standard InChI is InChI=1S/C7H11F2N3O/c8-7(9)3-1-6(13,2-4-7)5-11-12-10/h13H,1-5H2. The molecule has 0 atom stereocenters. The van der Waals surface area contributed by atoms with Crippen LogP contribution in [0.4, 0.5) is 8.78 Å². The fraction of sp³-hybridized carbons (Fsp3) is 1.00. The Morgan fingerprint density at radius 2 is 1.85 bits per heavy atom. The number of rotatable bonds is 2. The first-order valence-electron chi connectivity index (χ1n) is 4.09. The molecule has 1 saturated carbocycles. The fourth-order valence-corrected chi connectivity index (χ4v) is 1.40. The van der Waals surface area contributed by atoms with E-state index >= 15 is 0 Å². The van der Waals surface area contributed by atoms with Gasteiger partial charge in [-0.05, 0) is 18.4 Å². The van der Waals surface area contributed by atoms with Gasteiger partial charge < -0.3 is 5.11 Å². The van der Waals surface area contributed by atoms with Gasteiger partial charge in [-0.1, -0.05) is 5.11 Å². The zero-order chi connectivity index (χ0) is 9.95. The van der Waals surface area contributed by atoms with Crippen LogP contribution >= 0.6 is 0 Å². The van der Waals surface area contributed by atoms with E-state index in [-0.39, 0.29) is 32.2 Å². The number of nitrogens with zero attached hydrogens (tertiary/aromatic N) is 3. The van der Waals surface area contributed by atoms with E-state index in [1.807, 2.05) is 0 Å². The van der Waals surface area contributed by atoms with Crippen molar-refractivity contribution in [1.29, 1.82) is 0 Å². The van der Waals surface area contributed by atoms with Crippen molar-refractivity contribution in [2.75, 3.05) is 6.54 Å². The lowest BCUT2D eigenvalue weighted by Gasteiger charge is -2.34. The van der Waals surface area contributed by atoms with E-state index in [4.69, 9.17) is 5.53 Å². The van der Waals surface area contributed by atoms with Crippen molar-refractivity contribution in [1.82, 2.24) is 0 Å². The molecule has 0 amide bonds. The Kier molecular flexibility index (Phi) is 2.73. The average molecular weight is 191 g/mol. The Morgan fingerprint density at radius 3 is 2.31 bits per heavy atom. The zero-order valence-corrected chi connectivity index (χ0v) is 7.08. The van der Waals surface area contributed by atoms with Crippen LogP contribution in [0.3, 0.4) is 0 Å². The van der Waals surface area contributed by atoms with Crippen LogP contribution < -0.4 is 0 Å². The normalized spacial score (nSPS) is 24.8. The van der Waals surface area contributed by atoms with Crippen LogP contribution in [0.15, 0.2) is 5.11 Å². The maximum atomic E-state index is 12.7. The molecule has 74 valence electrons. The molecule has 0 aromatic carbocycles. The highest BCUT2D eigenvalue weighted by Gasteiger charge is 2.41. The molecule has 0 radical (unpaired) electrons. The van der Waals surface area contributed by atoms with Crippen molar-refractivity contribution in [3.63, 3.8) is 0 Å². The Morgan fingerprint density at radius 1 is 1.31 bits per heavy atom. The van der Waals surface area contributed by atoms with E-state index in [1.165, 1.54) is 0 Å². The molecule has 1 N–H and O–H groups in total. The minimum absolute atomic E-state index is 0.000972. The average Bonchev–Trinajstić information content (AvgIpc) is 2.08. The third-order valence-electron chi connectivity index (χ3n) is 2.34. The molecule has 1 aliphatic carbocycles. The predicted molar refractivity (Wildman–Crippen MR) is 42.4 cm³/mol. The molecule has 0 spiro atoms. The highest BCUT2D eigenvalue weighted by atomic mass is 19.3. The first-order chi connectivity index (χ1) is 5.97. The maximum absolute atomic E-state index is 12.7. The summed E-state index contributed by atoms with van der Waals surface area (Å²) in [6.45, 7) is -0.112. The molecule has 1 rings (SSSR count). The summed E-state index contributed by atoms with van der Waals surface area (Å²) in [5.74, 6) is -2.66. The van der Waals surface area contributed by atoms with Crippen LogP contribution in [0.25, 0.3) is 10.4 Å². The summed E-state index contributed by atoms with van der Waals surface area (Å²) in [7, 11) is 0. The lowest BCUT2D eigenvalue weighted by molar-refractivity contribution is -0.0991. The third kappa shape index (κ3) is 2.82. The van der Waals surface area contributed by atoms with Gasteiger partial charge >= 0.3 is 0 Å². The molecule has 0 saturated heterocycles. The molecule has 0 heterocycles. The largest absolute Gasteiger partial charge is 0.390 e. The van der Waals surface area contributed by atoms with Gasteiger partial charge in [0.1, 0.15) is 0 Å². The highest BCUT2D eigenvalue weighted by Crippen LogP contribution is 2.38. The monoisotopic (exact) mass is 191 g/mol. The number of hydrogen-bond acceptors (Lipinski definition) is 2. The number of alkyl halides is 2. The van der Waals surface area contributed by atoms with Crippen molar-refractivity contribution >= 4 is 0 Å². The van der Waals surface area contributed by atoms with Crippen molar-refractivity contribution < 1.29 is 13.9 Å². The first kappa shape index (κ1) is 10.2. The van der Waals surface area contributed by atoms with Gasteiger partial charge in [-0.25, -0.2) is 8.78 Å². The molecular weight excluding hydrogens is 180 g/mol. The van der Waals surface area contributed by atoms with Crippen LogP contribution in [0, 0.1) is 0 Å². The molecule has 4 nitrogen and oxygen atoms in total. The fourth-order valence-electron chi connectivity index (χ4n) is 1.40. The van der Waals surface area contributed by atoms with E-state index in [0.717, 1.165) is 0 Å². The number of halogens is 2. The summed E-state index contributed by atoms with van der Waals surface area (Å²) in [4.78, 5) is 2.49. The van der Waals surface area contributed by atoms with Crippen LogP contribution in [0.1, 0.15) is 25.7 Å². The summed E-state index contributed by atoms with van der Waals surface area (Å²) in [6, 6.07) is 0. The topological polar surface area (TPSA) is 69.0 Å². The molecule has 0 bridgehead atoms. The van der Waals surface area contributed by atoms with Crippen molar-refractivity contribution in [2.24, 2.45) is 5.11 Å². The quantitative estimate of drug-likeness (QED) is 0.406. The van der Waals surface area contributed by atoms with E-state index in [2.05, 4.69) is 10.0 Å². The molecule has 0 aliphatic heterocycles. The van der Waals surface area contributed by atoms with Gasteiger partial charge in [0, 0.05) is 17.8 Å². The first-order valence-corrected chi connectivity index (χ1v) is 4.09. The minimum atomic E-state index is -2.66. The summed E-state index contributed by atoms with van der Waals surface area (Å²) in [5, 5.41) is 12.8. The second-order valence-electron chi connectivity index (χ2n) is 3.47. The second kappa shape index (κ2) is 3.47. The molecule has 0 aromatic rings. The van der Waals surface area contributed by atoms with E-state index in [9.17, 15) is 13.9 Å². The van der Waals surface area contributed by atoms with Gasteiger partial charge in [0.2, 0.25) is 5.92 Å². The van der Waals surface area contributed by atoms with Crippen molar-refractivity contribution in [3.8, 4) is 0 Å². The molecule has 0 aromatic heterocycles. The van der Waals surface area contributed by atoms with E-state index < -0.39 is 11.5 Å². The Hall–Kier alpha value is -0.870. The van der Waals surface area contributed by atoms with E-state index in [1.54, 1.807) is 0 Å². The van der Waals surface area contributed by atoms with Crippen LogP contribution in [0.5, 0.6) is 0 Å². The van der Waals surface area contributed by atoms with Gasteiger partial charge in [0.05, 0.1) is 12.1 Å². The molecule has 0 unspecified atom stereocenters. The SMILES string of the molecule is [N-]=[N+]=NCC1(O)CCC(F)(F)CC1. The van der Waals surface area contributed by atoms with Crippen molar-refractivity contribution in [2.45, 2.75) is 37.2 Å². The number of aliphatic hydroxyl groups is 1. The highest BCUT2D eigenvalue weighted by molar-refractivity contribution is 4.90. The van der Waals surface area contributed by atoms with Gasteiger partial charge in [-0.3, -0.25) is 0 Å². The van der Waals surface area contributed by atoms with Crippen molar-refractivity contribution in [3.05, 3.63) is 10.4 Å². The minimum Gasteiger partial charge on any atom is -0.390 e. The summed E-state index contributed by atoms with van der Waals surface area (Å²) >= 11 is 0.